The number of urea groups is 1. The lowest BCUT2D eigenvalue weighted by Crippen LogP contribution is -2.44. The molecule has 1 heterocycles. The van der Waals surface area contributed by atoms with Gasteiger partial charge in [-0.25, -0.2) is 9.18 Å². The van der Waals surface area contributed by atoms with Crippen molar-refractivity contribution in [2.75, 3.05) is 13.7 Å². The number of halogens is 1. The monoisotopic (exact) mass is 399 g/mol. The molecule has 1 fully saturated rings. The van der Waals surface area contributed by atoms with Gasteiger partial charge < -0.3 is 15.4 Å². The van der Waals surface area contributed by atoms with E-state index in [2.05, 4.69) is 10.6 Å². The predicted octanol–water partition coefficient (Wildman–Crippen LogP) is 2.31. The van der Waals surface area contributed by atoms with Crippen LogP contribution in [0.15, 0.2) is 48.5 Å². The molecule has 0 saturated carbocycles. The summed E-state index contributed by atoms with van der Waals surface area (Å²) in [6, 6.07) is 11.9. The Labute approximate surface area is 167 Å². The number of nitrogens with one attached hydrogen (secondary N) is 2. The normalized spacial score (nSPS) is 18.5. The Bertz CT molecular complexity index is 915. The van der Waals surface area contributed by atoms with Gasteiger partial charge in [0.1, 0.15) is 23.7 Å². The van der Waals surface area contributed by atoms with Gasteiger partial charge in [0.25, 0.3) is 5.91 Å². The molecule has 2 aromatic carbocycles. The van der Waals surface area contributed by atoms with Crippen LogP contribution in [0.4, 0.5) is 9.18 Å². The second kappa shape index (κ2) is 8.30. The van der Waals surface area contributed by atoms with Gasteiger partial charge in [-0.1, -0.05) is 31.2 Å². The van der Waals surface area contributed by atoms with Crippen LogP contribution in [-0.4, -0.2) is 36.4 Å². The number of carbonyl (C=O) groups is 3. The van der Waals surface area contributed by atoms with Gasteiger partial charge in [0.15, 0.2) is 0 Å². The lowest BCUT2D eigenvalue weighted by molar-refractivity contribution is -0.135. The van der Waals surface area contributed by atoms with Crippen molar-refractivity contribution in [1.82, 2.24) is 15.5 Å². The summed E-state index contributed by atoms with van der Waals surface area (Å²) in [4.78, 5) is 38.6. The molecule has 1 atom stereocenters. The standard InChI is InChI=1S/C21H22FN3O4/c1-3-21(15-6-8-16(22)9-7-15)19(27)25(20(28)24-21)13-18(26)23-12-14-4-10-17(29-2)11-5-14/h4-11H,3,12-13H2,1-2H3,(H,23,26)(H,24,28). The largest absolute Gasteiger partial charge is 0.497 e. The van der Waals surface area contributed by atoms with E-state index in [4.69, 9.17) is 4.74 Å². The van der Waals surface area contributed by atoms with Crippen molar-refractivity contribution in [3.8, 4) is 5.75 Å². The molecule has 1 aliphatic rings. The Balaban J connectivity index is 1.67. The topological polar surface area (TPSA) is 87.7 Å². The first-order valence-corrected chi connectivity index (χ1v) is 9.19. The average Bonchev–Trinajstić information content (AvgIpc) is 2.98. The fourth-order valence-corrected chi connectivity index (χ4v) is 3.29. The van der Waals surface area contributed by atoms with Crippen LogP contribution >= 0.6 is 0 Å². The van der Waals surface area contributed by atoms with Crippen molar-refractivity contribution in [3.05, 3.63) is 65.5 Å². The summed E-state index contributed by atoms with van der Waals surface area (Å²) in [6.07, 6.45) is 0.271. The van der Waals surface area contributed by atoms with E-state index in [0.29, 0.717) is 11.3 Å². The zero-order valence-corrected chi connectivity index (χ0v) is 16.2. The van der Waals surface area contributed by atoms with E-state index < -0.39 is 35.7 Å². The summed E-state index contributed by atoms with van der Waals surface area (Å²) < 4.78 is 18.3. The average molecular weight is 399 g/mol. The van der Waals surface area contributed by atoms with Gasteiger partial charge in [-0.05, 0) is 41.8 Å². The number of carbonyl (C=O) groups excluding carboxylic acids is 3. The third-order valence-electron chi connectivity index (χ3n) is 4.99. The maximum absolute atomic E-state index is 13.2. The molecule has 0 radical (unpaired) electrons. The van der Waals surface area contributed by atoms with Crippen molar-refractivity contribution in [3.63, 3.8) is 0 Å². The highest BCUT2D eigenvalue weighted by molar-refractivity contribution is 6.09. The number of rotatable bonds is 7. The van der Waals surface area contributed by atoms with Crippen LogP contribution in [-0.2, 0) is 21.7 Å². The lowest BCUT2D eigenvalue weighted by atomic mass is 9.87. The van der Waals surface area contributed by atoms with Gasteiger partial charge in [0.2, 0.25) is 5.91 Å². The summed E-state index contributed by atoms with van der Waals surface area (Å²) in [5.41, 5.74) is 0.0209. The first kappa shape index (κ1) is 20.3. The molecule has 2 aromatic rings. The van der Waals surface area contributed by atoms with E-state index in [0.717, 1.165) is 10.5 Å². The number of hydrogen-bond acceptors (Lipinski definition) is 4. The molecule has 8 heteroatoms. The van der Waals surface area contributed by atoms with Gasteiger partial charge in [-0.2, -0.15) is 0 Å². The maximum Gasteiger partial charge on any atom is 0.325 e. The van der Waals surface area contributed by atoms with E-state index in [-0.39, 0.29) is 13.0 Å². The molecule has 29 heavy (non-hydrogen) atoms. The van der Waals surface area contributed by atoms with Crippen LogP contribution < -0.4 is 15.4 Å². The van der Waals surface area contributed by atoms with Crippen molar-refractivity contribution in [2.24, 2.45) is 0 Å². The van der Waals surface area contributed by atoms with Gasteiger partial charge in [-0.3, -0.25) is 14.5 Å². The highest BCUT2D eigenvalue weighted by Crippen LogP contribution is 2.32. The molecule has 4 amide bonds. The highest BCUT2D eigenvalue weighted by Gasteiger charge is 2.51. The quantitative estimate of drug-likeness (QED) is 0.700. The summed E-state index contributed by atoms with van der Waals surface area (Å²) in [5, 5.41) is 5.36. The van der Waals surface area contributed by atoms with E-state index in [1.54, 1.807) is 26.2 Å². The number of hydrogen-bond donors (Lipinski definition) is 2. The summed E-state index contributed by atoms with van der Waals surface area (Å²) >= 11 is 0. The Morgan fingerprint density at radius 2 is 1.79 bits per heavy atom. The van der Waals surface area contributed by atoms with Crippen molar-refractivity contribution in [1.29, 1.82) is 0 Å². The fourth-order valence-electron chi connectivity index (χ4n) is 3.29. The molecule has 0 aromatic heterocycles. The van der Waals surface area contributed by atoms with Crippen LogP contribution in [0.25, 0.3) is 0 Å². The minimum absolute atomic E-state index is 0.253. The van der Waals surface area contributed by atoms with E-state index in [9.17, 15) is 18.8 Å². The molecule has 2 N–H and O–H groups in total. The zero-order chi connectivity index (χ0) is 21.0. The van der Waals surface area contributed by atoms with E-state index in [1.165, 1.54) is 24.3 Å². The van der Waals surface area contributed by atoms with E-state index in [1.807, 2.05) is 12.1 Å². The number of methoxy groups -OCH3 is 1. The molecule has 0 bridgehead atoms. The van der Waals surface area contributed by atoms with Crippen LogP contribution in [0.1, 0.15) is 24.5 Å². The van der Waals surface area contributed by atoms with Crippen LogP contribution in [0, 0.1) is 5.82 Å². The molecule has 1 saturated heterocycles. The fraction of sp³-hybridized carbons (Fsp3) is 0.286. The number of ether oxygens (including phenoxy) is 1. The molecule has 1 aliphatic heterocycles. The molecule has 0 aliphatic carbocycles. The first-order valence-electron chi connectivity index (χ1n) is 9.19. The minimum Gasteiger partial charge on any atom is -0.497 e. The highest BCUT2D eigenvalue weighted by atomic mass is 19.1. The van der Waals surface area contributed by atoms with Crippen molar-refractivity contribution in [2.45, 2.75) is 25.4 Å². The number of imide groups is 1. The van der Waals surface area contributed by atoms with Crippen LogP contribution in [0.3, 0.4) is 0 Å². The van der Waals surface area contributed by atoms with Gasteiger partial charge in [0, 0.05) is 6.54 Å². The Morgan fingerprint density at radius 1 is 1.14 bits per heavy atom. The maximum atomic E-state index is 13.2. The van der Waals surface area contributed by atoms with Gasteiger partial charge in [-0.15, -0.1) is 0 Å². The van der Waals surface area contributed by atoms with Crippen molar-refractivity contribution >= 4 is 17.8 Å². The Morgan fingerprint density at radius 3 is 2.38 bits per heavy atom. The lowest BCUT2D eigenvalue weighted by Gasteiger charge is -2.25. The second-order valence-electron chi connectivity index (χ2n) is 6.71. The van der Waals surface area contributed by atoms with E-state index >= 15 is 0 Å². The first-order chi connectivity index (χ1) is 13.9. The Kier molecular flexibility index (Phi) is 5.81. The SMILES string of the molecule is CCC1(c2ccc(F)cc2)NC(=O)N(CC(=O)NCc2ccc(OC)cc2)C1=O. The third kappa shape index (κ3) is 4.06. The summed E-state index contributed by atoms with van der Waals surface area (Å²) in [7, 11) is 1.57. The zero-order valence-electron chi connectivity index (χ0n) is 16.2. The number of nitrogens with zero attached hydrogens (tertiary/aromatic N) is 1. The number of benzene rings is 2. The smallest absolute Gasteiger partial charge is 0.325 e. The summed E-state index contributed by atoms with van der Waals surface area (Å²) in [6.45, 7) is 1.60. The molecule has 7 nitrogen and oxygen atoms in total. The predicted molar refractivity (Wildman–Crippen MR) is 103 cm³/mol. The molecular weight excluding hydrogens is 377 g/mol. The van der Waals surface area contributed by atoms with Crippen molar-refractivity contribution < 1.29 is 23.5 Å². The molecule has 1 unspecified atom stereocenters. The van der Waals surface area contributed by atoms with Crippen LogP contribution in [0.2, 0.25) is 0 Å². The van der Waals surface area contributed by atoms with Crippen LogP contribution in [0.5, 0.6) is 5.75 Å². The molecule has 152 valence electrons. The summed E-state index contributed by atoms with van der Waals surface area (Å²) in [5.74, 6) is -0.728. The minimum atomic E-state index is -1.30. The number of amides is 4. The molecule has 3 rings (SSSR count). The second-order valence-corrected chi connectivity index (χ2v) is 6.71. The molecular formula is C21H22FN3O4. The van der Waals surface area contributed by atoms with Gasteiger partial charge >= 0.3 is 6.03 Å². The third-order valence-corrected chi connectivity index (χ3v) is 4.99. The molecule has 0 spiro atoms. The van der Waals surface area contributed by atoms with Gasteiger partial charge in [0.05, 0.1) is 7.11 Å². The Hall–Kier alpha value is -3.42.